The number of nitrogens with zero attached hydrogens (tertiary/aromatic N) is 3. The summed E-state index contributed by atoms with van der Waals surface area (Å²) in [5, 5.41) is 9.02. The zero-order valence-electron chi connectivity index (χ0n) is 10.3. The lowest BCUT2D eigenvalue weighted by atomic mass is 10.2. The normalized spacial score (nSPS) is 11.6. The van der Waals surface area contributed by atoms with E-state index in [1.54, 1.807) is 18.2 Å². The van der Waals surface area contributed by atoms with E-state index in [1.165, 1.54) is 18.6 Å². The van der Waals surface area contributed by atoms with Crippen molar-refractivity contribution in [3.05, 3.63) is 41.7 Å². The van der Waals surface area contributed by atoms with E-state index >= 15 is 0 Å². The average molecular weight is 311 g/mol. The number of halogens is 3. The average Bonchev–Trinajstić information content (AvgIpc) is 3.07. The van der Waals surface area contributed by atoms with Crippen LogP contribution < -0.4 is 5.32 Å². The first-order valence-corrected chi connectivity index (χ1v) is 6.61. The number of alkyl halides is 3. The summed E-state index contributed by atoms with van der Waals surface area (Å²) in [5.41, 5.74) is 0.132. The zero-order chi connectivity index (χ0) is 14.9. The zero-order valence-corrected chi connectivity index (χ0v) is 11.2. The summed E-state index contributed by atoms with van der Waals surface area (Å²) in [4.78, 5) is 7.22. The quantitative estimate of drug-likeness (QED) is 0.774. The number of rotatable bonds is 3. The van der Waals surface area contributed by atoms with Crippen LogP contribution in [0.2, 0.25) is 0 Å². The van der Waals surface area contributed by atoms with Crippen LogP contribution in [0.25, 0.3) is 11.3 Å². The Bertz CT molecular complexity index is 721. The molecule has 0 aliphatic heterocycles. The second-order valence-electron chi connectivity index (χ2n) is 4.02. The van der Waals surface area contributed by atoms with Crippen molar-refractivity contribution >= 4 is 22.3 Å². The monoisotopic (exact) mass is 311 g/mol. The second kappa shape index (κ2) is 5.17. The molecule has 0 atom stereocenters. The Morgan fingerprint density at radius 2 is 2.10 bits per heavy atom. The lowest BCUT2D eigenvalue weighted by molar-refractivity contribution is -0.134. The Kier molecular flexibility index (Phi) is 3.34. The minimum atomic E-state index is -4.48. The molecule has 3 aromatic heterocycles. The standard InChI is InChI=1S/C12H8F3N5S/c13-12(14,15)10-9(7-5-17-18-6-7)20-11(21-10)19-8-3-1-2-4-16-8/h1-6H,(H,17,18)(H,16,19,20). The molecule has 0 radical (unpaired) electrons. The molecule has 0 unspecified atom stereocenters. The Morgan fingerprint density at radius 3 is 2.71 bits per heavy atom. The van der Waals surface area contributed by atoms with Crippen LogP contribution in [0.5, 0.6) is 0 Å². The van der Waals surface area contributed by atoms with Gasteiger partial charge in [-0.05, 0) is 12.1 Å². The lowest BCUT2D eigenvalue weighted by Gasteiger charge is -2.03. The number of aromatic amines is 1. The van der Waals surface area contributed by atoms with Gasteiger partial charge in [0.05, 0.1) is 11.9 Å². The highest BCUT2D eigenvalue weighted by atomic mass is 32.1. The third-order valence-electron chi connectivity index (χ3n) is 2.56. The summed E-state index contributed by atoms with van der Waals surface area (Å²) < 4.78 is 39.3. The fraction of sp³-hybridized carbons (Fsp3) is 0.0833. The first-order chi connectivity index (χ1) is 10.0. The molecule has 108 valence electrons. The molecule has 0 fully saturated rings. The third-order valence-corrected chi connectivity index (χ3v) is 3.57. The van der Waals surface area contributed by atoms with Crippen LogP contribution in [-0.2, 0) is 6.18 Å². The highest BCUT2D eigenvalue weighted by Gasteiger charge is 2.37. The van der Waals surface area contributed by atoms with Crippen LogP contribution >= 0.6 is 11.3 Å². The van der Waals surface area contributed by atoms with Gasteiger partial charge in [-0.3, -0.25) is 5.10 Å². The van der Waals surface area contributed by atoms with Crippen LogP contribution in [0.15, 0.2) is 36.8 Å². The highest BCUT2D eigenvalue weighted by molar-refractivity contribution is 7.16. The van der Waals surface area contributed by atoms with Crippen molar-refractivity contribution in [3.8, 4) is 11.3 Å². The summed E-state index contributed by atoms with van der Waals surface area (Å²) in [6, 6.07) is 5.09. The predicted octanol–water partition coefficient (Wildman–Crippen LogP) is 3.69. The first kappa shape index (κ1) is 13.6. The summed E-state index contributed by atoms with van der Waals surface area (Å²) >= 11 is 0.531. The predicted molar refractivity (Wildman–Crippen MR) is 72.2 cm³/mol. The van der Waals surface area contributed by atoms with E-state index in [0.717, 1.165) is 0 Å². The maximum Gasteiger partial charge on any atom is 0.427 e. The van der Waals surface area contributed by atoms with Gasteiger partial charge in [-0.25, -0.2) is 9.97 Å². The molecule has 3 heterocycles. The van der Waals surface area contributed by atoms with Crippen LogP contribution in [0, 0.1) is 0 Å². The second-order valence-corrected chi connectivity index (χ2v) is 5.02. The number of aromatic nitrogens is 4. The van der Waals surface area contributed by atoms with E-state index in [1.807, 2.05) is 0 Å². The van der Waals surface area contributed by atoms with E-state index < -0.39 is 11.1 Å². The van der Waals surface area contributed by atoms with Gasteiger partial charge in [-0.15, -0.1) is 0 Å². The van der Waals surface area contributed by atoms with E-state index in [4.69, 9.17) is 0 Å². The Balaban J connectivity index is 2.00. The Morgan fingerprint density at radius 1 is 1.24 bits per heavy atom. The molecule has 9 heteroatoms. The summed E-state index contributed by atoms with van der Waals surface area (Å²) in [5.74, 6) is 0.429. The van der Waals surface area contributed by atoms with E-state index in [9.17, 15) is 13.2 Å². The molecule has 0 saturated carbocycles. The van der Waals surface area contributed by atoms with E-state index in [-0.39, 0.29) is 16.4 Å². The molecule has 0 amide bonds. The Labute approximate surface area is 120 Å². The summed E-state index contributed by atoms with van der Waals surface area (Å²) in [6.45, 7) is 0. The van der Waals surface area contributed by atoms with Crippen LogP contribution in [0.1, 0.15) is 4.88 Å². The van der Waals surface area contributed by atoms with Gasteiger partial charge in [0.1, 0.15) is 10.7 Å². The minimum absolute atomic E-state index is 0.122. The molecule has 3 aromatic rings. The number of hydrogen-bond acceptors (Lipinski definition) is 5. The van der Waals surface area contributed by atoms with Gasteiger partial charge in [0.15, 0.2) is 5.13 Å². The number of H-pyrrole nitrogens is 1. The lowest BCUT2D eigenvalue weighted by Crippen LogP contribution is -2.03. The Hall–Kier alpha value is -2.42. The molecule has 0 aromatic carbocycles. The summed E-state index contributed by atoms with van der Waals surface area (Å²) in [7, 11) is 0. The van der Waals surface area contributed by atoms with Crippen molar-refractivity contribution in [2.75, 3.05) is 5.32 Å². The molecule has 21 heavy (non-hydrogen) atoms. The molecule has 0 aliphatic rings. The van der Waals surface area contributed by atoms with E-state index in [0.29, 0.717) is 17.2 Å². The third kappa shape index (κ3) is 2.87. The molecule has 0 spiro atoms. The van der Waals surface area contributed by atoms with Crippen molar-refractivity contribution in [3.63, 3.8) is 0 Å². The van der Waals surface area contributed by atoms with Crippen molar-refractivity contribution in [1.29, 1.82) is 0 Å². The van der Waals surface area contributed by atoms with Gasteiger partial charge in [0.25, 0.3) is 0 Å². The van der Waals surface area contributed by atoms with Gasteiger partial charge in [-0.2, -0.15) is 18.3 Å². The maximum absolute atomic E-state index is 13.1. The molecular formula is C12H8F3N5S. The topological polar surface area (TPSA) is 66.5 Å². The largest absolute Gasteiger partial charge is 0.427 e. The van der Waals surface area contributed by atoms with Crippen molar-refractivity contribution in [1.82, 2.24) is 20.2 Å². The van der Waals surface area contributed by atoms with Crippen molar-refractivity contribution < 1.29 is 13.2 Å². The number of anilines is 2. The van der Waals surface area contributed by atoms with Gasteiger partial charge in [0, 0.05) is 18.0 Å². The van der Waals surface area contributed by atoms with E-state index in [2.05, 4.69) is 25.5 Å². The smallest absolute Gasteiger partial charge is 0.316 e. The number of thiazole rings is 1. The maximum atomic E-state index is 13.1. The van der Waals surface area contributed by atoms with Crippen LogP contribution in [-0.4, -0.2) is 20.2 Å². The van der Waals surface area contributed by atoms with Crippen molar-refractivity contribution in [2.45, 2.75) is 6.18 Å². The molecule has 0 bridgehead atoms. The first-order valence-electron chi connectivity index (χ1n) is 5.79. The van der Waals surface area contributed by atoms with Crippen LogP contribution in [0.4, 0.5) is 24.1 Å². The van der Waals surface area contributed by atoms with Gasteiger partial charge in [-0.1, -0.05) is 17.4 Å². The molecule has 0 aliphatic carbocycles. The molecule has 3 rings (SSSR count). The molecule has 0 saturated heterocycles. The number of hydrogen-bond donors (Lipinski definition) is 2. The SMILES string of the molecule is FC(F)(F)c1sc(Nc2ccccn2)nc1-c1cn[nH]c1. The van der Waals surface area contributed by atoms with Gasteiger partial charge >= 0.3 is 6.18 Å². The molecular weight excluding hydrogens is 303 g/mol. The van der Waals surface area contributed by atoms with Gasteiger partial charge < -0.3 is 5.32 Å². The summed E-state index contributed by atoms with van der Waals surface area (Å²) in [6.07, 6.45) is -0.268. The fourth-order valence-electron chi connectivity index (χ4n) is 1.69. The molecule has 5 nitrogen and oxygen atoms in total. The number of pyridine rings is 1. The molecule has 2 N–H and O–H groups in total. The highest BCUT2D eigenvalue weighted by Crippen LogP contribution is 2.42. The number of nitrogens with one attached hydrogen (secondary N) is 2. The van der Waals surface area contributed by atoms with Gasteiger partial charge in [0.2, 0.25) is 0 Å². The van der Waals surface area contributed by atoms with Crippen molar-refractivity contribution in [2.24, 2.45) is 0 Å². The minimum Gasteiger partial charge on any atom is -0.316 e. The van der Waals surface area contributed by atoms with Crippen LogP contribution in [0.3, 0.4) is 0 Å². The fourth-order valence-corrected chi connectivity index (χ4v) is 2.55.